The van der Waals surface area contributed by atoms with Gasteiger partial charge in [0.1, 0.15) is 0 Å². The number of imidazole rings is 1. The SMILES string of the molecule is O=S(=O)(Nc1ncc[nH]1)c1ccc(I)cc1. The highest BCUT2D eigenvalue weighted by atomic mass is 127. The summed E-state index contributed by atoms with van der Waals surface area (Å²) < 4.78 is 27.0. The molecule has 0 atom stereocenters. The molecule has 5 nitrogen and oxygen atoms in total. The zero-order valence-corrected chi connectivity index (χ0v) is 11.0. The maximum absolute atomic E-state index is 11.8. The minimum absolute atomic E-state index is 0.207. The highest BCUT2D eigenvalue weighted by Crippen LogP contribution is 2.14. The molecule has 2 N–H and O–H groups in total. The number of sulfonamides is 1. The van der Waals surface area contributed by atoms with E-state index in [-0.39, 0.29) is 10.8 Å². The predicted molar refractivity (Wildman–Crippen MR) is 68.6 cm³/mol. The second-order valence-corrected chi connectivity index (χ2v) is 5.93. The molecule has 2 rings (SSSR count). The van der Waals surface area contributed by atoms with Crippen molar-refractivity contribution in [3.05, 3.63) is 40.2 Å². The van der Waals surface area contributed by atoms with E-state index in [4.69, 9.17) is 0 Å². The van der Waals surface area contributed by atoms with E-state index in [0.29, 0.717) is 0 Å². The van der Waals surface area contributed by atoms with E-state index < -0.39 is 10.0 Å². The number of aromatic amines is 1. The minimum atomic E-state index is -3.55. The molecule has 2 aromatic rings. The Bertz CT molecular complexity index is 563. The Balaban J connectivity index is 2.29. The van der Waals surface area contributed by atoms with Crippen molar-refractivity contribution in [1.29, 1.82) is 0 Å². The summed E-state index contributed by atoms with van der Waals surface area (Å²) in [5, 5.41) is 0. The lowest BCUT2D eigenvalue weighted by molar-refractivity contribution is 0.601. The lowest BCUT2D eigenvalue weighted by Crippen LogP contribution is -2.13. The fourth-order valence-corrected chi connectivity index (χ4v) is 2.46. The molecule has 7 heteroatoms. The lowest BCUT2D eigenvalue weighted by Gasteiger charge is -2.04. The van der Waals surface area contributed by atoms with Crippen LogP contribution < -0.4 is 4.72 Å². The van der Waals surface area contributed by atoms with Crippen LogP contribution in [0.5, 0.6) is 0 Å². The molecule has 0 aliphatic carbocycles. The molecular formula is C9H8IN3O2S. The summed E-state index contributed by atoms with van der Waals surface area (Å²) in [6.07, 6.45) is 3.03. The van der Waals surface area contributed by atoms with Gasteiger partial charge in [0.25, 0.3) is 10.0 Å². The Hall–Kier alpha value is -1.09. The normalized spacial score (nSPS) is 11.3. The van der Waals surface area contributed by atoms with Crippen LogP contribution in [0.2, 0.25) is 0 Å². The van der Waals surface area contributed by atoms with Crippen LogP contribution >= 0.6 is 22.6 Å². The maximum Gasteiger partial charge on any atom is 0.264 e. The standard InChI is InChI=1S/C9H8IN3O2S/c10-7-1-3-8(4-2-7)16(14,15)13-9-11-5-6-12-9/h1-6H,(H2,11,12,13). The number of halogens is 1. The molecule has 0 unspecified atom stereocenters. The average Bonchev–Trinajstić information content (AvgIpc) is 2.70. The summed E-state index contributed by atoms with van der Waals surface area (Å²) in [6.45, 7) is 0. The number of H-pyrrole nitrogens is 1. The quantitative estimate of drug-likeness (QED) is 0.830. The van der Waals surface area contributed by atoms with Gasteiger partial charge in [-0.25, -0.2) is 18.1 Å². The summed E-state index contributed by atoms with van der Waals surface area (Å²) in [5.74, 6) is 0.207. The van der Waals surface area contributed by atoms with E-state index in [2.05, 4.69) is 37.3 Å². The van der Waals surface area contributed by atoms with Gasteiger partial charge in [-0.05, 0) is 46.9 Å². The van der Waals surface area contributed by atoms with Crippen LogP contribution in [0.4, 0.5) is 5.95 Å². The molecule has 0 amide bonds. The van der Waals surface area contributed by atoms with Crippen molar-refractivity contribution in [2.24, 2.45) is 0 Å². The molecule has 1 heterocycles. The third-order valence-electron chi connectivity index (χ3n) is 1.85. The van der Waals surface area contributed by atoms with E-state index in [1.165, 1.54) is 6.20 Å². The maximum atomic E-state index is 11.8. The van der Waals surface area contributed by atoms with Crippen LogP contribution in [0.1, 0.15) is 0 Å². The van der Waals surface area contributed by atoms with Crippen molar-refractivity contribution in [1.82, 2.24) is 9.97 Å². The van der Waals surface area contributed by atoms with Gasteiger partial charge in [0.05, 0.1) is 4.90 Å². The number of nitrogens with one attached hydrogen (secondary N) is 2. The molecule has 1 aromatic carbocycles. The largest absolute Gasteiger partial charge is 0.330 e. The predicted octanol–water partition coefficient (Wildman–Crippen LogP) is 1.82. The molecule has 0 radical (unpaired) electrons. The number of benzene rings is 1. The average molecular weight is 349 g/mol. The first-order valence-corrected chi connectivity index (χ1v) is 6.92. The molecule has 0 aliphatic heterocycles. The Morgan fingerprint density at radius 3 is 2.50 bits per heavy atom. The van der Waals surface area contributed by atoms with E-state index in [9.17, 15) is 8.42 Å². The summed E-state index contributed by atoms with van der Waals surface area (Å²) in [7, 11) is -3.55. The Morgan fingerprint density at radius 1 is 1.25 bits per heavy atom. The number of aromatic nitrogens is 2. The van der Waals surface area contributed by atoms with Crippen molar-refractivity contribution in [2.75, 3.05) is 4.72 Å². The lowest BCUT2D eigenvalue weighted by atomic mass is 10.4. The molecule has 84 valence electrons. The smallest absolute Gasteiger partial charge is 0.264 e. The molecular weight excluding hydrogens is 341 g/mol. The van der Waals surface area contributed by atoms with Gasteiger partial charge < -0.3 is 4.98 Å². The Morgan fingerprint density at radius 2 is 1.94 bits per heavy atom. The van der Waals surface area contributed by atoms with Crippen LogP contribution in [0.15, 0.2) is 41.6 Å². The van der Waals surface area contributed by atoms with Gasteiger partial charge in [-0.3, -0.25) is 0 Å². The van der Waals surface area contributed by atoms with E-state index in [1.807, 2.05) is 0 Å². The van der Waals surface area contributed by atoms with Gasteiger partial charge in [-0.15, -0.1) is 0 Å². The zero-order chi connectivity index (χ0) is 11.6. The highest BCUT2D eigenvalue weighted by molar-refractivity contribution is 14.1. The molecule has 0 saturated heterocycles. The van der Waals surface area contributed by atoms with Crippen molar-refractivity contribution in [3.8, 4) is 0 Å². The summed E-state index contributed by atoms with van der Waals surface area (Å²) in [5.41, 5.74) is 0. The third-order valence-corrected chi connectivity index (χ3v) is 3.93. The number of rotatable bonds is 3. The topological polar surface area (TPSA) is 74.8 Å². The van der Waals surface area contributed by atoms with E-state index >= 15 is 0 Å². The second kappa shape index (κ2) is 4.42. The molecule has 0 aliphatic rings. The fourth-order valence-electron chi connectivity index (χ4n) is 1.12. The van der Waals surface area contributed by atoms with Gasteiger partial charge in [-0.2, -0.15) is 0 Å². The Kier molecular flexibility index (Phi) is 3.15. The number of anilines is 1. The second-order valence-electron chi connectivity index (χ2n) is 3.00. The molecule has 0 spiro atoms. The monoisotopic (exact) mass is 349 g/mol. The first kappa shape index (κ1) is 11.4. The molecule has 1 aromatic heterocycles. The summed E-state index contributed by atoms with van der Waals surface area (Å²) in [6, 6.07) is 6.56. The fraction of sp³-hybridized carbons (Fsp3) is 0. The summed E-state index contributed by atoms with van der Waals surface area (Å²) >= 11 is 2.11. The van der Waals surface area contributed by atoms with Crippen molar-refractivity contribution in [3.63, 3.8) is 0 Å². The molecule has 16 heavy (non-hydrogen) atoms. The molecule has 0 saturated carbocycles. The molecule has 0 fully saturated rings. The van der Waals surface area contributed by atoms with Crippen LogP contribution in [0.3, 0.4) is 0 Å². The van der Waals surface area contributed by atoms with Gasteiger partial charge in [0.15, 0.2) is 0 Å². The van der Waals surface area contributed by atoms with Crippen LogP contribution in [0, 0.1) is 3.57 Å². The number of nitrogens with zero attached hydrogens (tertiary/aromatic N) is 1. The summed E-state index contributed by atoms with van der Waals surface area (Å²) in [4.78, 5) is 6.68. The van der Waals surface area contributed by atoms with Gasteiger partial charge in [-0.1, -0.05) is 0 Å². The Labute approximate surface area is 106 Å². The molecule has 0 bridgehead atoms. The minimum Gasteiger partial charge on any atom is -0.330 e. The van der Waals surface area contributed by atoms with Crippen molar-refractivity contribution >= 4 is 38.6 Å². The van der Waals surface area contributed by atoms with E-state index in [1.54, 1.807) is 30.5 Å². The van der Waals surface area contributed by atoms with Crippen molar-refractivity contribution in [2.45, 2.75) is 4.90 Å². The highest BCUT2D eigenvalue weighted by Gasteiger charge is 2.14. The number of hydrogen-bond acceptors (Lipinski definition) is 3. The van der Waals surface area contributed by atoms with Gasteiger partial charge >= 0.3 is 0 Å². The van der Waals surface area contributed by atoms with Gasteiger partial charge in [0, 0.05) is 16.0 Å². The van der Waals surface area contributed by atoms with E-state index in [0.717, 1.165) is 3.57 Å². The number of hydrogen-bond donors (Lipinski definition) is 2. The van der Waals surface area contributed by atoms with Crippen molar-refractivity contribution < 1.29 is 8.42 Å². The van der Waals surface area contributed by atoms with Gasteiger partial charge in [0.2, 0.25) is 5.95 Å². The van der Waals surface area contributed by atoms with Crippen LogP contribution in [0.25, 0.3) is 0 Å². The van der Waals surface area contributed by atoms with Crippen LogP contribution in [-0.4, -0.2) is 18.4 Å². The first-order chi connectivity index (χ1) is 7.58. The first-order valence-electron chi connectivity index (χ1n) is 4.36. The van der Waals surface area contributed by atoms with Crippen LogP contribution in [-0.2, 0) is 10.0 Å². The zero-order valence-electron chi connectivity index (χ0n) is 8.01. The third kappa shape index (κ3) is 2.53.